The first-order chi connectivity index (χ1) is 9.49. The molecule has 0 bridgehead atoms. The Kier molecular flexibility index (Phi) is 5.71. The van der Waals surface area contributed by atoms with Gasteiger partial charge in [-0.1, -0.05) is 43.0 Å². The van der Waals surface area contributed by atoms with Crippen LogP contribution in [0, 0.1) is 17.7 Å². The molecule has 0 saturated heterocycles. The summed E-state index contributed by atoms with van der Waals surface area (Å²) in [5, 5.41) is 4.12. The van der Waals surface area contributed by atoms with Gasteiger partial charge in [0.05, 0.1) is 5.02 Å². The van der Waals surface area contributed by atoms with E-state index < -0.39 is 5.82 Å². The predicted molar refractivity (Wildman–Crippen MR) is 84.0 cm³/mol. The van der Waals surface area contributed by atoms with Crippen molar-refractivity contribution in [3.05, 3.63) is 33.6 Å². The highest BCUT2D eigenvalue weighted by atomic mass is 35.5. The monoisotopic (exact) mass is 317 g/mol. The van der Waals surface area contributed by atoms with Gasteiger partial charge in [-0.15, -0.1) is 0 Å². The first-order valence-corrected chi connectivity index (χ1v) is 8.11. The van der Waals surface area contributed by atoms with E-state index in [0.29, 0.717) is 16.5 Å². The second-order valence-electron chi connectivity index (χ2n) is 6.02. The van der Waals surface area contributed by atoms with Crippen molar-refractivity contribution in [2.45, 2.75) is 45.6 Å². The number of hydrogen-bond acceptors (Lipinski definition) is 1. The molecule has 1 fully saturated rings. The molecule has 1 saturated carbocycles. The van der Waals surface area contributed by atoms with E-state index in [2.05, 4.69) is 12.2 Å². The molecule has 0 heterocycles. The SMILES string of the molecule is CC1CCCC(CNC(C)c2c(Cl)ccc(F)c2Cl)C1. The van der Waals surface area contributed by atoms with Gasteiger partial charge in [0, 0.05) is 16.6 Å². The molecule has 3 unspecified atom stereocenters. The Labute approximate surface area is 130 Å². The lowest BCUT2D eigenvalue weighted by Crippen LogP contribution is -2.29. The van der Waals surface area contributed by atoms with Crippen LogP contribution in [-0.4, -0.2) is 6.54 Å². The Morgan fingerprint density at radius 3 is 2.80 bits per heavy atom. The van der Waals surface area contributed by atoms with Gasteiger partial charge in [-0.2, -0.15) is 0 Å². The maximum Gasteiger partial charge on any atom is 0.142 e. The quantitative estimate of drug-likeness (QED) is 0.712. The molecule has 0 aromatic heterocycles. The zero-order valence-electron chi connectivity index (χ0n) is 12.1. The summed E-state index contributed by atoms with van der Waals surface area (Å²) in [5.41, 5.74) is 0.664. The minimum absolute atomic E-state index is 0.0390. The van der Waals surface area contributed by atoms with Gasteiger partial charge >= 0.3 is 0 Å². The Hall–Kier alpha value is -0.310. The molecule has 4 heteroatoms. The minimum atomic E-state index is -0.411. The highest BCUT2D eigenvalue weighted by molar-refractivity contribution is 6.36. The lowest BCUT2D eigenvalue weighted by atomic mass is 9.82. The van der Waals surface area contributed by atoms with E-state index in [1.165, 1.54) is 31.7 Å². The molecule has 1 aromatic rings. The van der Waals surface area contributed by atoms with E-state index in [1.807, 2.05) is 6.92 Å². The summed E-state index contributed by atoms with van der Waals surface area (Å²) < 4.78 is 13.5. The van der Waals surface area contributed by atoms with Gasteiger partial charge in [-0.25, -0.2) is 4.39 Å². The van der Waals surface area contributed by atoms with Crippen molar-refractivity contribution < 1.29 is 4.39 Å². The maximum atomic E-state index is 13.5. The molecule has 0 amide bonds. The van der Waals surface area contributed by atoms with E-state index in [1.54, 1.807) is 6.07 Å². The molecule has 1 aliphatic carbocycles. The molecule has 112 valence electrons. The second kappa shape index (κ2) is 7.11. The predicted octanol–water partition coefficient (Wildman–Crippen LogP) is 5.61. The van der Waals surface area contributed by atoms with Crippen molar-refractivity contribution in [3.63, 3.8) is 0 Å². The van der Waals surface area contributed by atoms with Gasteiger partial charge in [0.25, 0.3) is 0 Å². The number of nitrogens with one attached hydrogen (secondary N) is 1. The lowest BCUT2D eigenvalue weighted by molar-refractivity contribution is 0.268. The van der Waals surface area contributed by atoms with Crippen molar-refractivity contribution in [1.82, 2.24) is 5.32 Å². The molecular weight excluding hydrogens is 296 g/mol. The van der Waals surface area contributed by atoms with Crippen molar-refractivity contribution in [1.29, 1.82) is 0 Å². The third-order valence-corrected chi connectivity index (χ3v) is 4.98. The summed E-state index contributed by atoms with van der Waals surface area (Å²) in [4.78, 5) is 0. The molecule has 1 N–H and O–H groups in total. The van der Waals surface area contributed by atoms with Crippen LogP contribution >= 0.6 is 23.2 Å². The van der Waals surface area contributed by atoms with Crippen molar-refractivity contribution in [2.75, 3.05) is 6.54 Å². The van der Waals surface area contributed by atoms with E-state index in [4.69, 9.17) is 23.2 Å². The Morgan fingerprint density at radius 1 is 1.35 bits per heavy atom. The highest BCUT2D eigenvalue weighted by Gasteiger charge is 2.21. The highest BCUT2D eigenvalue weighted by Crippen LogP contribution is 2.33. The summed E-state index contributed by atoms with van der Waals surface area (Å²) in [6, 6.07) is 2.84. The Morgan fingerprint density at radius 2 is 2.10 bits per heavy atom. The fourth-order valence-corrected chi connectivity index (χ4v) is 3.83. The van der Waals surface area contributed by atoms with Crippen molar-refractivity contribution >= 4 is 23.2 Å². The largest absolute Gasteiger partial charge is 0.310 e. The maximum absolute atomic E-state index is 13.5. The van der Waals surface area contributed by atoms with Gasteiger partial charge in [-0.05, 0) is 50.3 Å². The molecule has 1 nitrogen and oxygen atoms in total. The zero-order valence-corrected chi connectivity index (χ0v) is 13.6. The Balaban J connectivity index is 1.98. The molecule has 3 atom stereocenters. The number of benzene rings is 1. The smallest absolute Gasteiger partial charge is 0.142 e. The number of halogens is 3. The summed E-state index contributed by atoms with van der Waals surface area (Å²) in [6.07, 6.45) is 5.19. The molecule has 1 aliphatic rings. The summed E-state index contributed by atoms with van der Waals surface area (Å²) >= 11 is 12.2. The van der Waals surface area contributed by atoms with Crippen LogP contribution < -0.4 is 5.32 Å². The van der Waals surface area contributed by atoms with E-state index >= 15 is 0 Å². The van der Waals surface area contributed by atoms with Crippen LogP contribution in [0.15, 0.2) is 12.1 Å². The standard InChI is InChI=1S/C16H22Cl2FN/c1-10-4-3-5-12(8-10)9-20-11(2)15-13(17)6-7-14(19)16(15)18/h6-7,10-12,20H,3-5,8-9H2,1-2H3. The number of hydrogen-bond donors (Lipinski definition) is 1. The minimum Gasteiger partial charge on any atom is -0.310 e. The third-order valence-electron chi connectivity index (χ3n) is 4.27. The summed E-state index contributed by atoms with van der Waals surface area (Å²) in [6.45, 7) is 5.24. The first-order valence-electron chi connectivity index (χ1n) is 7.35. The average molecular weight is 318 g/mol. The van der Waals surface area contributed by atoms with Crippen LogP contribution in [0.5, 0.6) is 0 Å². The zero-order chi connectivity index (χ0) is 14.7. The molecular formula is C16H22Cl2FN. The first kappa shape index (κ1) is 16.1. The molecule has 1 aromatic carbocycles. The fraction of sp³-hybridized carbons (Fsp3) is 0.625. The summed E-state index contributed by atoms with van der Waals surface area (Å²) in [7, 11) is 0. The Bertz CT molecular complexity index is 464. The number of rotatable bonds is 4. The molecule has 2 rings (SSSR count). The summed E-state index contributed by atoms with van der Waals surface area (Å²) in [5.74, 6) is 1.10. The van der Waals surface area contributed by atoms with Gasteiger partial charge in [-0.3, -0.25) is 0 Å². The van der Waals surface area contributed by atoms with E-state index in [-0.39, 0.29) is 11.1 Å². The fourth-order valence-electron chi connectivity index (χ4n) is 3.13. The normalized spacial score (nSPS) is 24.6. The van der Waals surface area contributed by atoms with E-state index in [0.717, 1.165) is 12.5 Å². The van der Waals surface area contributed by atoms with Crippen LogP contribution in [0.2, 0.25) is 10.0 Å². The van der Waals surface area contributed by atoms with Crippen LogP contribution in [0.4, 0.5) is 4.39 Å². The topological polar surface area (TPSA) is 12.0 Å². The van der Waals surface area contributed by atoms with E-state index in [9.17, 15) is 4.39 Å². The van der Waals surface area contributed by atoms with Crippen LogP contribution in [0.3, 0.4) is 0 Å². The van der Waals surface area contributed by atoms with Crippen LogP contribution in [-0.2, 0) is 0 Å². The van der Waals surface area contributed by atoms with Gasteiger partial charge in [0.15, 0.2) is 0 Å². The van der Waals surface area contributed by atoms with Gasteiger partial charge < -0.3 is 5.32 Å². The van der Waals surface area contributed by atoms with Crippen molar-refractivity contribution in [2.24, 2.45) is 11.8 Å². The van der Waals surface area contributed by atoms with Crippen LogP contribution in [0.1, 0.15) is 51.1 Å². The van der Waals surface area contributed by atoms with Crippen molar-refractivity contribution in [3.8, 4) is 0 Å². The third kappa shape index (κ3) is 3.87. The van der Waals surface area contributed by atoms with Crippen LogP contribution in [0.25, 0.3) is 0 Å². The molecule has 0 aliphatic heterocycles. The molecule has 0 radical (unpaired) electrons. The van der Waals surface area contributed by atoms with Gasteiger partial charge in [0.2, 0.25) is 0 Å². The van der Waals surface area contributed by atoms with Gasteiger partial charge in [0.1, 0.15) is 5.82 Å². The average Bonchev–Trinajstić information content (AvgIpc) is 2.41. The second-order valence-corrected chi connectivity index (χ2v) is 6.81. The lowest BCUT2D eigenvalue weighted by Gasteiger charge is -2.28. The molecule has 0 spiro atoms. The molecule has 20 heavy (non-hydrogen) atoms.